The molecule has 2 aromatic heterocycles. The van der Waals surface area contributed by atoms with Gasteiger partial charge >= 0.3 is 5.69 Å². The molecular formula is C14H17N5O2. The third kappa shape index (κ3) is 3.03. The highest BCUT2D eigenvalue weighted by Gasteiger charge is 2.08. The van der Waals surface area contributed by atoms with Crippen LogP contribution in [0.5, 0.6) is 0 Å². The van der Waals surface area contributed by atoms with Crippen molar-refractivity contribution in [3.63, 3.8) is 0 Å². The molecule has 21 heavy (non-hydrogen) atoms. The molecule has 7 nitrogen and oxygen atoms in total. The maximum absolute atomic E-state index is 11.3. The van der Waals surface area contributed by atoms with Crippen molar-refractivity contribution in [2.24, 2.45) is 0 Å². The van der Waals surface area contributed by atoms with E-state index in [2.05, 4.69) is 32.3 Å². The highest BCUT2D eigenvalue weighted by Crippen LogP contribution is 2.16. The molecule has 0 aliphatic heterocycles. The van der Waals surface area contributed by atoms with Crippen molar-refractivity contribution in [1.82, 2.24) is 25.4 Å². The van der Waals surface area contributed by atoms with Gasteiger partial charge < -0.3 is 19.8 Å². The van der Waals surface area contributed by atoms with Crippen LogP contribution in [0.3, 0.4) is 0 Å². The molecule has 0 fully saturated rings. The van der Waals surface area contributed by atoms with Gasteiger partial charge in [-0.2, -0.15) is 4.98 Å². The third-order valence-electron chi connectivity index (χ3n) is 3.40. The van der Waals surface area contributed by atoms with Gasteiger partial charge in [0.05, 0.1) is 11.0 Å². The summed E-state index contributed by atoms with van der Waals surface area (Å²) >= 11 is 0. The average molecular weight is 287 g/mol. The first-order valence-electron chi connectivity index (χ1n) is 6.86. The number of rotatable bonds is 5. The van der Waals surface area contributed by atoms with E-state index in [1.54, 1.807) is 6.92 Å². The Morgan fingerprint density at radius 2 is 2.14 bits per heavy atom. The van der Waals surface area contributed by atoms with Gasteiger partial charge in [0.15, 0.2) is 5.82 Å². The fraction of sp³-hybridized carbons (Fsp3) is 0.357. The van der Waals surface area contributed by atoms with Gasteiger partial charge in [-0.25, -0.2) is 4.79 Å². The van der Waals surface area contributed by atoms with Crippen LogP contribution in [0.2, 0.25) is 0 Å². The van der Waals surface area contributed by atoms with Crippen LogP contribution in [-0.4, -0.2) is 26.7 Å². The molecule has 7 heteroatoms. The number of hydrogen-bond acceptors (Lipinski definition) is 5. The van der Waals surface area contributed by atoms with Crippen molar-refractivity contribution >= 4 is 11.0 Å². The molecule has 2 heterocycles. The summed E-state index contributed by atoms with van der Waals surface area (Å²) in [6.45, 7) is 4.62. The van der Waals surface area contributed by atoms with E-state index in [4.69, 9.17) is 4.52 Å². The maximum atomic E-state index is 11.3. The van der Waals surface area contributed by atoms with Gasteiger partial charge in [0.2, 0.25) is 5.89 Å². The molecule has 0 aliphatic rings. The average Bonchev–Trinajstić information content (AvgIpc) is 3.02. The summed E-state index contributed by atoms with van der Waals surface area (Å²) in [5, 5.41) is 7.16. The van der Waals surface area contributed by atoms with Crippen LogP contribution in [-0.2, 0) is 6.42 Å². The quantitative estimate of drug-likeness (QED) is 0.659. The van der Waals surface area contributed by atoms with Gasteiger partial charge in [-0.1, -0.05) is 11.2 Å². The van der Waals surface area contributed by atoms with Gasteiger partial charge in [0, 0.05) is 19.0 Å². The summed E-state index contributed by atoms with van der Waals surface area (Å²) in [5.74, 6) is 1.29. The minimum atomic E-state index is -0.186. The molecule has 1 atom stereocenters. The number of nitrogens with zero attached hydrogens (tertiary/aromatic N) is 2. The minimum Gasteiger partial charge on any atom is -0.339 e. The second kappa shape index (κ2) is 5.53. The highest BCUT2D eigenvalue weighted by atomic mass is 16.5. The van der Waals surface area contributed by atoms with Crippen LogP contribution in [0.25, 0.3) is 11.0 Å². The SMILES string of the molecule is Cc1noc(CCNC(C)c2ccc3[nH]c(=O)[nH]c3c2)n1. The Morgan fingerprint density at radius 3 is 2.90 bits per heavy atom. The molecule has 0 aliphatic carbocycles. The van der Waals surface area contributed by atoms with Gasteiger partial charge in [-0.15, -0.1) is 0 Å². The minimum absolute atomic E-state index is 0.164. The van der Waals surface area contributed by atoms with Gasteiger partial charge in [0.25, 0.3) is 0 Å². The predicted molar refractivity (Wildman–Crippen MR) is 78.1 cm³/mol. The molecule has 0 saturated heterocycles. The normalized spacial score (nSPS) is 12.9. The molecule has 110 valence electrons. The van der Waals surface area contributed by atoms with Crippen molar-refractivity contribution in [3.05, 3.63) is 46.0 Å². The second-order valence-electron chi connectivity index (χ2n) is 5.05. The topological polar surface area (TPSA) is 99.6 Å². The van der Waals surface area contributed by atoms with Crippen molar-refractivity contribution in [2.45, 2.75) is 26.3 Å². The molecule has 3 aromatic rings. The van der Waals surface area contributed by atoms with E-state index < -0.39 is 0 Å². The van der Waals surface area contributed by atoms with Gasteiger partial charge in [0.1, 0.15) is 0 Å². The summed E-state index contributed by atoms with van der Waals surface area (Å²) in [5.41, 5.74) is 2.56. The van der Waals surface area contributed by atoms with Crippen LogP contribution in [0, 0.1) is 6.92 Å². The van der Waals surface area contributed by atoms with Crippen LogP contribution >= 0.6 is 0 Å². The summed E-state index contributed by atoms with van der Waals surface area (Å²) in [7, 11) is 0. The number of hydrogen-bond donors (Lipinski definition) is 3. The first kappa shape index (κ1) is 13.6. The van der Waals surface area contributed by atoms with Gasteiger partial charge in [-0.3, -0.25) is 0 Å². The second-order valence-corrected chi connectivity index (χ2v) is 5.05. The standard InChI is InChI=1S/C14H17N5O2/c1-8(15-6-5-13-16-9(2)19-21-13)10-3-4-11-12(7-10)18-14(20)17-11/h3-4,7-8,15H,5-6H2,1-2H3,(H2,17,18,20). The van der Waals surface area contributed by atoms with E-state index in [1.165, 1.54) is 0 Å². The zero-order valence-corrected chi connectivity index (χ0v) is 11.9. The van der Waals surface area contributed by atoms with E-state index in [-0.39, 0.29) is 11.7 Å². The number of imidazole rings is 1. The van der Waals surface area contributed by atoms with E-state index in [1.807, 2.05) is 18.2 Å². The Bertz CT molecular complexity index is 801. The molecule has 0 saturated carbocycles. The van der Waals surface area contributed by atoms with E-state index in [9.17, 15) is 4.79 Å². The number of H-pyrrole nitrogens is 2. The number of aromatic amines is 2. The molecule has 1 aromatic carbocycles. The summed E-state index contributed by atoms with van der Waals surface area (Å²) < 4.78 is 5.07. The molecule has 0 bridgehead atoms. The van der Waals surface area contributed by atoms with Crippen molar-refractivity contribution < 1.29 is 4.52 Å². The Labute approximate surface area is 120 Å². The summed E-state index contributed by atoms with van der Waals surface area (Å²) in [6, 6.07) is 6.04. The Hall–Kier alpha value is -2.41. The third-order valence-corrected chi connectivity index (χ3v) is 3.40. The zero-order chi connectivity index (χ0) is 14.8. The van der Waals surface area contributed by atoms with Crippen LogP contribution in [0.4, 0.5) is 0 Å². The first-order valence-corrected chi connectivity index (χ1v) is 6.86. The number of benzene rings is 1. The fourth-order valence-electron chi connectivity index (χ4n) is 2.27. The lowest BCUT2D eigenvalue weighted by Crippen LogP contribution is -2.21. The number of fused-ring (bicyclic) bond motifs is 1. The monoisotopic (exact) mass is 287 g/mol. The largest absolute Gasteiger partial charge is 0.339 e. The Kier molecular flexibility index (Phi) is 3.57. The molecule has 0 radical (unpaired) electrons. The molecule has 0 amide bonds. The fourth-order valence-corrected chi connectivity index (χ4v) is 2.27. The Morgan fingerprint density at radius 1 is 1.33 bits per heavy atom. The molecule has 0 spiro atoms. The van der Waals surface area contributed by atoms with Gasteiger partial charge in [-0.05, 0) is 31.5 Å². The lowest BCUT2D eigenvalue weighted by atomic mass is 10.1. The van der Waals surface area contributed by atoms with E-state index in [0.717, 1.165) is 23.1 Å². The van der Waals surface area contributed by atoms with Crippen LogP contribution < -0.4 is 11.0 Å². The predicted octanol–water partition coefficient (Wildman–Crippen LogP) is 1.44. The number of nitrogens with one attached hydrogen (secondary N) is 3. The molecule has 1 unspecified atom stereocenters. The maximum Gasteiger partial charge on any atom is 0.323 e. The summed E-state index contributed by atoms with van der Waals surface area (Å²) in [6.07, 6.45) is 0.689. The van der Waals surface area contributed by atoms with Crippen molar-refractivity contribution in [3.8, 4) is 0 Å². The summed E-state index contributed by atoms with van der Waals surface area (Å²) in [4.78, 5) is 20.9. The van der Waals surface area contributed by atoms with Crippen molar-refractivity contribution in [1.29, 1.82) is 0 Å². The van der Waals surface area contributed by atoms with Crippen LogP contribution in [0.15, 0.2) is 27.5 Å². The molecule has 3 N–H and O–H groups in total. The number of aromatic nitrogens is 4. The number of aryl methyl sites for hydroxylation is 1. The lowest BCUT2D eigenvalue weighted by molar-refractivity contribution is 0.370. The van der Waals surface area contributed by atoms with Crippen molar-refractivity contribution in [2.75, 3.05) is 6.54 Å². The van der Waals surface area contributed by atoms with Crippen LogP contribution in [0.1, 0.15) is 30.2 Å². The molecular weight excluding hydrogens is 270 g/mol. The highest BCUT2D eigenvalue weighted by molar-refractivity contribution is 5.75. The lowest BCUT2D eigenvalue weighted by Gasteiger charge is -2.13. The first-order chi connectivity index (χ1) is 10.1. The zero-order valence-electron chi connectivity index (χ0n) is 11.9. The molecule has 3 rings (SSSR count). The van der Waals surface area contributed by atoms with E-state index in [0.29, 0.717) is 18.1 Å². The smallest absolute Gasteiger partial charge is 0.323 e. The van der Waals surface area contributed by atoms with E-state index >= 15 is 0 Å². The Balaban J connectivity index is 1.63.